The summed E-state index contributed by atoms with van der Waals surface area (Å²) in [6.07, 6.45) is 0. The van der Waals surface area contributed by atoms with E-state index in [0.29, 0.717) is 0 Å². The first-order valence-corrected chi connectivity index (χ1v) is 4.92. The summed E-state index contributed by atoms with van der Waals surface area (Å²) in [5.41, 5.74) is 1.05. The topological polar surface area (TPSA) is 23.5 Å². The lowest BCUT2D eigenvalue weighted by molar-refractivity contribution is 0.143. The summed E-state index contributed by atoms with van der Waals surface area (Å²) < 4.78 is 0. The number of hydrogen-bond acceptors (Lipinski definition) is 2. The fraction of sp³-hybridized carbons (Fsp3) is 0.385. The second-order valence-electron chi connectivity index (χ2n) is 4.22. The Balaban J connectivity index is 3.08. The fourth-order valence-electron chi connectivity index (χ4n) is 1.19. The third-order valence-corrected chi connectivity index (χ3v) is 1.89. The standard InChI is InChI=1S/C13H17NO/c1-13(2,15)10-9-11-7-5-6-8-12(11)14(3)4/h5-8,15H,1-4H3. The van der Waals surface area contributed by atoms with Crippen LogP contribution in [0.1, 0.15) is 19.4 Å². The van der Waals surface area contributed by atoms with Crippen LogP contribution in [0, 0.1) is 11.8 Å². The minimum atomic E-state index is -0.945. The molecule has 0 saturated heterocycles. The number of para-hydroxylation sites is 1. The van der Waals surface area contributed by atoms with Crippen molar-refractivity contribution in [2.75, 3.05) is 19.0 Å². The van der Waals surface area contributed by atoms with Crippen LogP contribution >= 0.6 is 0 Å². The highest BCUT2D eigenvalue weighted by Gasteiger charge is 2.06. The van der Waals surface area contributed by atoms with Gasteiger partial charge in [-0.05, 0) is 26.0 Å². The van der Waals surface area contributed by atoms with Crippen molar-refractivity contribution in [3.05, 3.63) is 29.8 Å². The van der Waals surface area contributed by atoms with E-state index in [9.17, 15) is 5.11 Å². The van der Waals surface area contributed by atoms with Crippen molar-refractivity contribution in [3.63, 3.8) is 0 Å². The van der Waals surface area contributed by atoms with Crippen LogP contribution in [-0.2, 0) is 0 Å². The molecule has 15 heavy (non-hydrogen) atoms. The molecule has 0 aliphatic carbocycles. The zero-order chi connectivity index (χ0) is 11.5. The second kappa shape index (κ2) is 4.37. The van der Waals surface area contributed by atoms with E-state index >= 15 is 0 Å². The normalized spacial score (nSPS) is 10.5. The first-order chi connectivity index (χ1) is 6.90. The molecule has 0 heterocycles. The van der Waals surface area contributed by atoms with Crippen LogP contribution in [0.3, 0.4) is 0 Å². The predicted molar refractivity (Wildman–Crippen MR) is 63.9 cm³/mol. The number of anilines is 1. The molecular formula is C13H17NO. The van der Waals surface area contributed by atoms with E-state index in [1.54, 1.807) is 13.8 Å². The number of hydrogen-bond donors (Lipinski definition) is 1. The lowest BCUT2D eigenvalue weighted by Crippen LogP contribution is -2.15. The molecule has 0 atom stereocenters. The Morgan fingerprint density at radius 1 is 1.20 bits per heavy atom. The average molecular weight is 203 g/mol. The Hall–Kier alpha value is -1.46. The molecule has 0 bridgehead atoms. The van der Waals surface area contributed by atoms with Gasteiger partial charge in [-0.25, -0.2) is 0 Å². The average Bonchev–Trinajstić information content (AvgIpc) is 2.14. The van der Waals surface area contributed by atoms with Gasteiger partial charge in [-0.1, -0.05) is 24.0 Å². The summed E-state index contributed by atoms with van der Waals surface area (Å²) in [4.78, 5) is 2.01. The largest absolute Gasteiger partial charge is 0.378 e. The molecule has 0 aliphatic rings. The Kier molecular flexibility index (Phi) is 3.39. The summed E-state index contributed by atoms with van der Waals surface area (Å²) >= 11 is 0. The highest BCUT2D eigenvalue weighted by atomic mass is 16.3. The third kappa shape index (κ3) is 3.65. The monoisotopic (exact) mass is 203 g/mol. The zero-order valence-electron chi connectivity index (χ0n) is 9.70. The Labute approximate surface area is 91.5 Å². The van der Waals surface area contributed by atoms with E-state index in [4.69, 9.17) is 0 Å². The van der Waals surface area contributed by atoms with Crippen molar-refractivity contribution in [1.29, 1.82) is 0 Å². The van der Waals surface area contributed by atoms with Crippen LogP contribution in [0.15, 0.2) is 24.3 Å². The maximum Gasteiger partial charge on any atom is 0.120 e. The van der Waals surface area contributed by atoms with Crippen molar-refractivity contribution in [1.82, 2.24) is 0 Å². The van der Waals surface area contributed by atoms with E-state index in [1.807, 2.05) is 43.3 Å². The van der Waals surface area contributed by atoms with Crippen LogP contribution < -0.4 is 4.90 Å². The van der Waals surface area contributed by atoms with E-state index in [0.717, 1.165) is 11.3 Å². The molecule has 1 aromatic carbocycles. The molecule has 0 radical (unpaired) electrons. The van der Waals surface area contributed by atoms with Gasteiger partial charge in [0.25, 0.3) is 0 Å². The molecule has 0 aliphatic heterocycles. The first-order valence-electron chi connectivity index (χ1n) is 4.92. The number of nitrogens with zero attached hydrogens (tertiary/aromatic N) is 1. The van der Waals surface area contributed by atoms with Gasteiger partial charge in [-0.3, -0.25) is 0 Å². The van der Waals surface area contributed by atoms with Crippen LogP contribution in [0.4, 0.5) is 5.69 Å². The first kappa shape index (κ1) is 11.6. The van der Waals surface area contributed by atoms with Crippen molar-refractivity contribution in [2.45, 2.75) is 19.4 Å². The van der Waals surface area contributed by atoms with Crippen molar-refractivity contribution in [3.8, 4) is 11.8 Å². The number of aliphatic hydroxyl groups is 1. The lowest BCUT2D eigenvalue weighted by atomic mass is 10.1. The predicted octanol–water partition coefficient (Wildman–Crippen LogP) is 1.87. The van der Waals surface area contributed by atoms with E-state index in [1.165, 1.54) is 0 Å². The quantitative estimate of drug-likeness (QED) is 0.704. The molecule has 80 valence electrons. The van der Waals surface area contributed by atoms with Gasteiger partial charge in [0.05, 0.1) is 5.69 Å². The molecule has 0 saturated carbocycles. The fourth-order valence-corrected chi connectivity index (χ4v) is 1.19. The lowest BCUT2D eigenvalue weighted by Gasteiger charge is -2.14. The Morgan fingerprint density at radius 3 is 2.33 bits per heavy atom. The molecule has 1 N–H and O–H groups in total. The van der Waals surface area contributed by atoms with Crippen LogP contribution in [0.2, 0.25) is 0 Å². The van der Waals surface area contributed by atoms with Crippen LogP contribution in [0.25, 0.3) is 0 Å². The minimum absolute atomic E-state index is 0.935. The molecule has 0 aromatic heterocycles. The van der Waals surface area contributed by atoms with E-state index in [-0.39, 0.29) is 0 Å². The van der Waals surface area contributed by atoms with Gasteiger partial charge in [0, 0.05) is 19.7 Å². The van der Waals surface area contributed by atoms with Gasteiger partial charge in [0.15, 0.2) is 0 Å². The maximum absolute atomic E-state index is 9.52. The summed E-state index contributed by atoms with van der Waals surface area (Å²) in [5, 5.41) is 9.52. The van der Waals surface area contributed by atoms with E-state index < -0.39 is 5.60 Å². The molecule has 0 fully saturated rings. The van der Waals surface area contributed by atoms with E-state index in [2.05, 4.69) is 11.8 Å². The molecule has 0 amide bonds. The number of benzene rings is 1. The minimum Gasteiger partial charge on any atom is -0.378 e. The maximum atomic E-state index is 9.52. The third-order valence-electron chi connectivity index (χ3n) is 1.89. The van der Waals surface area contributed by atoms with Crippen LogP contribution in [-0.4, -0.2) is 24.8 Å². The zero-order valence-corrected chi connectivity index (χ0v) is 9.70. The molecule has 2 nitrogen and oxygen atoms in total. The van der Waals surface area contributed by atoms with Gasteiger partial charge < -0.3 is 10.0 Å². The SMILES string of the molecule is CN(C)c1ccccc1C#CC(C)(C)O. The highest BCUT2D eigenvalue weighted by molar-refractivity contribution is 5.60. The van der Waals surface area contributed by atoms with Crippen molar-refractivity contribution in [2.24, 2.45) is 0 Å². The summed E-state index contributed by atoms with van der Waals surface area (Å²) in [6, 6.07) is 7.88. The summed E-state index contributed by atoms with van der Waals surface area (Å²) in [7, 11) is 3.95. The van der Waals surface area contributed by atoms with Gasteiger partial charge in [0.1, 0.15) is 5.60 Å². The van der Waals surface area contributed by atoms with Crippen molar-refractivity contribution < 1.29 is 5.11 Å². The number of rotatable bonds is 1. The Bertz CT molecular complexity index is 391. The summed E-state index contributed by atoms with van der Waals surface area (Å²) in [5.74, 6) is 5.81. The molecule has 0 unspecified atom stereocenters. The second-order valence-corrected chi connectivity index (χ2v) is 4.22. The molecule has 0 spiro atoms. The highest BCUT2D eigenvalue weighted by Crippen LogP contribution is 2.16. The molecule has 2 heteroatoms. The van der Waals surface area contributed by atoms with Gasteiger partial charge >= 0.3 is 0 Å². The molecular weight excluding hydrogens is 186 g/mol. The smallest absolute Gasteiger partial charge is 0.120 e. The van der Waals surface area contributed by atoms with Crippen molar-refractivity contribution >= 4 is 5.69 Å². The van der Waals surface area contributed by atoms with Gasteiger partial charge in [0.2, 0.25) is 0 Å². The molecule has 1 aromatic rings. The summed E-state index contributed by atoms with van der Waals surface area (Å²) in [6.45, 7) is 3.36. The van der Waals surface area contributed by atoms with Gasteiger partial charge in [-0.2, -0.15) is 0 Å². The van der Waals surface area contributed by atoms with Crippen LogP contribution in [0.5, 0.6) is 0 Å². The molecule has 1 rings (SSSR count). The van der Waals surface area contributed by atoms with Gasteiger partial charge in [-0.15, -0.1) is 0 Å². The Morgan fingerprint density at radius 2 is 1.80 bits per heavy atom.